The van der Waals surface area contributed by atoms with Crippen molar-refractivity contribution in [2.75, 3.05) is 6.61 Å². The lowest BCUT2D eigenvalue weighted by Crippen LogP contribution is -2.55. The molecule has 0 radical (unpaired) electrons. The fraction of sp³-hybridized carbons (Fsp3) is 0.946. The molecule has 44 heavy (non-hydrogen) atoms. The van der Waals surface area contributed by atoms with Crippen LogP contribution in [0.5, 0.6) is 0 Å². The Bertz CT molecular complexity index is 1090. The number of hydrogen-bond donors (Lipinski definition) is 1. The fourth-order valence-electron chi connectivity index (χ4n) is 11.5. The molecule has 250 valence electrons. The van der Waals surface area contributed by atoms with Gasteiger partial charge in [0.1, 0.15) is 17.7 Å². The van der Waals surface area contributed by atoms with Crippen LogP contribution in [0.15, 0.2) is 0 Å². The summed E-state index contributed by atoms with van der Waals surface area (Å²) in [5.41, 5.74) is 0.0174. The van der Waals surface area contributed by atoms with Crippen molar-refractivity contribution in [1.29, 1.82) is 0 Å². The number of nitrogens with one attached hydrogen (secondary N) is 1. The summed E-state index contributed by atoms with van der Waals surface area (Å²) in [7, 11) is 0. The Hall–Kier alpha value is -1.34. The van der Waals surface area contributed by atoms with E-state index in [9.17, 15) is 9.59 Å². The minimum Gasteiger partial charge on any atom is -0.461 e. The third-order valence-electron chi connectivity index (χ3n) is 13.8. The maximum absolute atomic E-state index is 13.3. The van der Waals surface area contributed by atoms with Crippen LogP contribution in [0.4, 0.5) is 4.79 Å². The van der Waals surface area contributed by atoms with Crippen molar-refractivity contribution in [3.63, 3.8) is 0 Å². The predicted molar refractivity (Wildman–Crippen MR) is 170 cm³/mol. The van der Waals surface area contributed by atoms with Crippen LogP contribution in [0.3, 0.4) is 0 Å². The number of amides is 1. The molecule has 4 saturated carbocycles. The highest BCUT2D eigenvalue weighted by molar-refractivity contribution is 5.81. The first-order chi connectivity index (χ1) is 20.6. The second-order valence-electron chi connectivity index (χ2n) is 17.9. The van der Waals surface area contributed by atoms with Gasteiger partial charge < -0.3 is 24.3 Å². The van der Waals surface area contributed by atoms with E-state index in [2.05, 4.69) is 33.0 Å². The summed E-state index contributed by atoms with van der Waals surface area (Å²) >= 11 is 0. The Morgan fingerprint density at radius 3 is 2.30 bits per heavy atom. The molecule has 4 aliphatic carbocycles. The van der Waals surface area contributed by atoms with E-state index in [1.807, 2.05) is 34.6 Å². The number of esters is 1. The normalized spacial score (nSPS) is 47.3. The molecule has 6 rings (SSSR count). The van der Waals surface area contributed by atoms with Gasteiger partial charge in [-0.25, -0.2) is 9.59 Å². The van der Waals surface area contributed by atoms with Crippen LogP contribution >= 0.6 is 0 Å². The highest BCUT2D eigenvalue weighted by Gasteiger charge is 2.69. The summed E-state index contributed by atoms with van der Waals surface area (Å²) < 4.78 is 25.1. The number of hydrogen-bond acceptors (Lipinski definition) is 6. The van der Waals surface area contributed by atoms with Gasteiger partial charge >= 0.3 is 12.1 Å². The summed E-state index contributed by atoms with van der Waals surface area (Å²) in [6.45, 7) is 20.1. The summed E-state index contributed by atoms with van der Waals surface area (Å²) in [5.74, 6) is 3.75. The van der Waals surface area contributed by atoms with Gasteiger partial charge in [-0.3, -0.25) is 0 Å². The third kappa shape index (κ3) is 5.52. The molecule has 2 aliphatic heterocycles. The van der Waals surface area contributed by atoms with Crippen LogP contribution in [-0.2, 0) is 23.7 Å². The van der Waals surface area contributed by atoms with Gasteiger partial charge in [-0.2, -0.15) is 0 Å². The zero-order chi connectivity index (χ0) is 31.8. The van der Waals surface area contributed by atoms with Gasteiger partial charge in [0.25, 0.3) is 0 Å². The number of rotatable bonds is 4. The molecule has 1 amide bonds. The molecule has 6 fully saturated rings. The van der Waals surface area contributed by atoms with Gasteiger partial charge in [0.05, 0.1) is 12.7 Å². The summed E-state index contributed by atoms with van der Waals surface area (Å²) in [6.07, 6.45) is 11.2. The number of alkyl carbamates (subject to hydrolysis) is 1. The largest absolute Gasteiger partial charge is 0.461 e. The standard InChI is InChI=1S/C37H61NO6/c1-21(2)31(38-33(40)44-34(5,6)7)32(39)42-25-13-15-35(8)24(18-25)10-11-26-27(35)14-16-36(9)28(26)19-29-30(36)23(4)37(43-29)17-12-22(3)20-41-37/h21-31H,10-20H2,1-9H3,(H,38,40)/t22-,23-,24-,25-,26?,27?,28?,29+,30+,31+,35+,36+,37-/m1/s1. The molecule has 1 N–H and O–H groups in total. The maximum atomic E-state index is 13.3. The van der Waals surface area contributed by atoms with Crippen molar-refractivity contribution in [1.82, 2.24) is 5.32 Å². The van der Waals surface area contributed by atoms with Crippen LogP contribution in [0.2, 0.25) is 0 Å². The summed E-state index contributed by atoms with van der Waals surface area (Å²) in [5, 5.41) is 2.78. The van der Waals surface area contributed by atoms with E-state index in [1.165, 1.54) is 38.5 Å². The lowest BCUT2D eigenvalue weighted by Gasteiger charge is -2.61. The molecule has 2 heterocycles. The zero-order valence-corrected chi connectivity index (χ0v) is 29.1. The topological polar surface area (TPSA) is 83.1 Å². The predicted octanol–water partition coefficient (Wildman–Crippen LogP) is 7.89. The van der Waals surface area contributed by atoms with E-state index in [0.717, 1.165) is 50.0 Å². The number of carbonyl (C=O) groups excluding carboxylic acids is 2. The lowest BCUT2D eigenvalue weighted by molar-refractivity contribution is -0.273. The second kappa shape index (κ2) is 11.4. The average molecular weight is 616 g/mol. The van der Waals surface area contributed by atoms with Gasteiger partial charge in [0, 0.05) is 12.3 Å². The van der Waals surface area contributed by atoms with Gasteiger partial charge in [-0.1, -0.05) is 41.5 Å². The van der Waals surface area contributed by atoms with Crippen LogP contribution in [0.1, 0.15) is 127 Å². The Morgan fingerprint density at radius 1 is 0.909 bits per heavy atom. The monoisotopic (exact) mass is 615 g/mol. The minimum absolute atomic E-state index is 0.0813. The van der Waals surface area contributed by atoms with Gasteiger partial charge in [-0.15, -0.1) is 0 Å². The molecule has 6 aliphatic rings. The molecular weight excluding hydrogens is 554 g/mol. The molecule has 0 aromatic rings. The smallest absolute Gasteiger partial charge is 0.408 e. The summed E-state index contributed by atoms with van der Waals surface area (Å²) in [6, 6.07) is -0.710. The molecule has 0 bridgehead atoms. The Kier molecular flexibility index (Phi) is 8.46. The van der Waals surface area contributed by atoms with Crippen LogP contribution in [0, 0.1) is 58.2 Å². The van der Waals surface area contributed by atoms with Crippen LogP contribution < -0.4 is 5.32 Å². The first-order valence-corrected chi connectivity index (χ1v) is 18.1. The number of ether oxygens (including phenoxy) is 4. The maximum Gasteiger partial charge on any atom is 0.408 e. The molecule has 2 saturated heterocycles. The van der Waals surface area contributed by atoms with Crippen molar-refractivity contribution in [2.45, 2.75) is 156 Å². The first kappa shape index (κ1) is 32.6. The minimum atomic E-state index is -0.710. The highest BCUT2D eigenvalue weighted by atomic mass is 16.7. The molecule has 13 atom stereocenters. The van der Waals surface area contributed by atoms with Crippen LogP contribution in [0.25, 0.3) is 0 Å². The average Bonchev–Trinajstić information content (AvgIpc) is 3.37. The van der Waals surface area contributed by atoms with Crippen molar-refractivity contribution >= 4 is 12.1 Å². The lowest BCUT2D eigenvalue weighted by atomic mass is 9.44. The van der Waals surface area contributed by atoms with E-state index >= 15 is 0 Å². The van der Waals surface area contributed by atoms with E-state index in [0.29, 0.717) is 40.6 Å². The van der Waals surface area contributed by atoms with Gasteiger partial charge in [-0.05, 0) is 131 Å². The van der Waals surface area contributed by atoms with E-state index in [-0.39, 0.29) is 23.8 Å². The van der Waals surface area contributed by atoms with Crippen LogP contribution in [-0.4, -0.2) is 48.3 Å². The van der Waals surface area contributed by atoms with Gasteiger partial charge in [0.15, 0.2) is 5.79 Å². The Morgan fingerprint density at radius 2 is 1.64 bits per heavy atom. The quantitative estimate of drug-likeness (QED) is 0.324. The van der Waals surface area contributed by atoms with E-state index in [4.69, 9.17) is 18.9 Å². The fourth-order valence-corrected chi connectivity index (χ4v) is 11.5. The van der Waals surface area contributed by atoms with Crippen molar-refractivity contribution < 1.29 is 28.5 Å². The first-order valence-electron chi connectivity index (χ1n) is 18.1. The third-order valence-corrected chi connectivity index (χ3v) is 13.8. The SMILES string of the molecule is CC(C)[C@H](NC(=O)OC(C)(C)C)C(=O)O[C@@H]1CC[C@]2(C)C3CC[C@@]4(C)C(C[C@@H]5O[C@]6(CC[C@@H](C)CO6)[C@H](C)[C@@H]54)C3CC[C@@H]2C1. The summed E-state index contributed by atoms with van der Waals surface area (Å²) in [4.78, 5) is 25.8. The molecular formula is C37H61NO6. The molecule has 0 aromatic heterocycles. The second-order valence-corrected chi connectivity index (χ2v) is 17.9. The molecule has 7 heteroatoms. The number of carbonyl (C=O) groups is 2. The Balaban J connectivity index is 1.09. The zero-order valence-electron chi connectivity index (χ0n) is 29.1. The van der Waals surface area contributed by atoms with Crippen molar-refractivity contribution in [2.24, 2.45) is 58.2 Å². The molecule has 0 aromatic carbocycles. The molecule has 7 nitrogen and oxygen atoms in total. The Labute approximate surface area is 266 Å². The number of fused-ring (bicyclic) bond motifs is 7. The van der Waals surface area contributed by atoms with Crippen molar-refractivity contribution in [3.05, 3.63) is 0 Å². The molecule has 3 unspecified atom stereocenters. The molecule has 1 spiro atoms. The van der Waals surface area contributed by atoms with E-state index in [1.54, 1.807) is 0 Å². The highest BCUT2D eigenvalue weighted by Crippen LogP contribution is 2.71. The van der Waals surface area contributed by atoms with E-state index < -0.39 is 17.7 Å². The van der Waals surface area contributed by atoms with Gasteiger partial charge in [0.2, 0.25) is 0 Å². The van der Waals surface area contributed by atoms with Crippen molar-refractivity contribution in [3.8, 4) is 0 Å².